The third-order valence-electron chi connectivity index (χ3n) is 3.18. The molecule has 0 bridgehead atoms. The van der Waals surface area contributed by atoms with Crippen LogP contribution in [0.4, 0.5) is 11.6 Å². The van der Waals surface area contributed by atoms with Crippen molar-refractivity contribution in [2.75, 3.05) is 37.3 Å². The quantitative estimate of drug-likeness (QED) is 0.804. The smallest absolute Gasteiger partial charge is 0.241 e. The van der Waals surface area contributed by atoms with Crippen LogP contribution in [0.25, 0.3) is 0 Å². The summed E-state index contributed by atoms with van der Waals surface area (Å²) < 4.78 is 0. The standard InChI is InChI=1S/C13H21N5O/c1-13(2,3)12-15-9(14)7-10(16-12)18-6-5-17(4)11(19)8-18/h7H,5-6,8H2,1-4H3,(H2,14,15,16). The summed E-state index contributed by atoms with van der Waals surface area (Å²) in [7, 11) is 1.81. The van der Waals surface area contributed by atoms with E-state index in [1.165, 1.54) is 0 Å². The highest BCUT2D eigenvalue weighted by Crippen LogP contribution is 2.23. The Kier molecular flexibility index (Phi) is 3.34. The number of carbonyl (C=O) groups excluding carboxylic acids is 1. The molecule has 6 heteroatoms. The highest BCUT2D eigenvalue weighted by molar-refractivity contribution is 5.82. The topological polar surface area (TPSA) is 75.3 Å². The largest absolute Gasteiger partial charge is 0.384 e. The second-order valence-corrected chi connectivity index (χ2v) is 5.96. The van der Waals surface area contributed by atoms with Crippen molar-refractivity contribution in [3.05, 3.63) is 11.9 Å². The first-order valence-corrected chi connectivity index (χ1v) is 6.41. The minimum absolute atomic E-state index is 0.0979. The molecule has 0 atom stereocenters. The number of anilines is 2. The van der Waals surface area contributed by atoms with E-state index in [9.17, 15) is 4.79 Å². The molecule has 0 aliphatic carbocycles. The molecule has 0 spiro atoms. The minimum atomic E-state index is -0.166. The fourth-order valence-corrected chi connectivity index (χ4v) is 1.90. The molecular formula is C13H21N5O. The molecule has 1 saturated heterocycles. The van der Waals surface area contributed by atoms with Gasteiger partial charge in [-0.2, -0.15) is 0 Å². The average molecular weight is 263 g/mol. The molecule has 1 aromatic rings. The third-order valence-corrected chi connectivity index (χ3v) is 3.18. The molecule has 2 rings (SSSR count). The Morgan fingerprint density at radius 2 is 1.95 bits per heavy atom. The Bertz CT molecular complexity index is 494. The molecular weight excluding hydrogens is 242 g/mol. The van der Waals surface area contributed by atoms with E-state index in [1.54, 1.807) is 11.0 Å². The van der Waals surface area contributed by atoms with Gasteiger partial charge in [-0.05, 0) is 0 Å². The van der Waals surface area contributed by atoms with E-state index in [0.717, 1.165) is 12.4 Å². The molecule has 19 heavy (non-hydrogen) atoms. The van der Waals surface area contributed by atoms with Gasteiger partial charge >= 0.3 is 0 Å². The maximum Gasteiger partial charge on any atom is 0.241 e. The van der Waals surface area contributed by atoms with E-state index in [2.05, 4.69) is 9.97 Å². The van der Waals surface area contributed by atoms with Crippen LogP contribution in [0.15, 0.2) is 6.07 Å². The number of aromatic nitrogens is 2. The molecule has 1 aromatic heterocycles. The summed E-state index contributed by atoms with van der Waals surface area (Å²) in [4.78, 5) is 24.3. The van der Waals surface area contributed by atoms with Crippen molar-refractivity contribution in [2.45, 2.75) is 26.2 Å². The van der Waals surface area contributed by atoms with Gasteiger partial charge in [-0.15, -0.1) is 0 Å². The lowest BCUT2D eigenvalue weighted by Crippen LogP contribution is -2.49. The van der Waals surface area contributed by atoms with Crippen molar-refractivity contribution in [1.29, 1.82) is 0 Å². The number of piperazine rings is 1. The van der Waals surface area contributed by atoms with Gasteiger partial charge in [0.2, 0.25) is 5.91 Å². The molecule has 1 amide bonds. The lowest BCUT2D eigenvalue weighted by atomic mass is 9.96. The zero-order valence-corrected chi connectivity index (χ0v) is 12.0. The molecule has 6 nitrogen and oxygen atoms in total. The normalized spacial score (nSPS) is 16.9. The molecule has 2 heterocycles. The predicted molar refractivity (Wildman–Crippen MR) is 75.0 cm³/mol. The van der Waals surface area contributed by atoms with Gasteiger partial charge in [-0.25, -0.2) is 9.97 Å². The SMILES string of the molecule is CN1CCN(c2cc(N)nc(C(C)(C)C)n2)CC1=O. The summed E-state index contributed by atoms with van der Waals surface area (Å²) in [6, 6.07) is 1.73. The van der Waals surface area contributed by atoms with E-state index in [-0.39, 0.29) is 11.3 Å². The number of nitrogens with zero attached hydrogens (tertiary/aromatic N) is 4. The van der Waals surface area contributed by atoms with Crippen molar-refractivity contribution in [3.63, 3.8) is 0 Å². The van der Waals surface area contributed by atoms with Crippen molar-refractivity contribution in [2.24, 2.45) is 0 Å². The van der Waals surface area contributed by atoms with Crippen LogP contribution < -0.4 is 10.6 Å². The maximum atomic E-state index is 11.8. The molecule has 1 fully saturated rings. The number of nitrogens with two attached hydrogens (primary N) is 1. The molecule has 1 aliphatic rings. The van der Waals surface area contributed by atoms with Gasteiger partial charge in [0.05, 0.1) is 6.54 Å². The van der Waals surface area contributed by atoms with Gasteiger partial charge < -0.3 is 15.5 Å². The van der Waals surface area contributed by atoms with Crippen LogP contribution in [-0.4, -0.2) is 47.5 Å². The van der Waals surface area contributed by atoms with Crippen LogP contribution in [0.3, 0.4) is 0 Å². The number of likely N-dealkylation sites (N-methyl/N-ethyl adjacent to an activating group) is 1. The van der Waals surface area contributed by atoms with Crippen LogP contribution in [0, 0.1) is 0 Å². The van der Waals surface area contributed by atoms with Crippen LogP contribution in [0.2, 0.25) is 0 Å². The number of hydrogen-bond acceptors (Lipinski definition) is 5. The molecule has 0 saturated carbocycles. The number of hydrogen-bond donors (Lipinski definition) is 1. The minimum Gasteiger partial charge on any atom is -0.384 e. The fraction of sp³-hybridized carbons (Fsp3) is 0.615. The van der Waals surface area contributed by atoms with E-state index in [1.807, 2.05) is 32.7 Å². The molecule has 104 valence electrons. The summed E-state index contributed by atoms with van der Waals surface area (Å²) in [5.74, 6) is 1.98. The number of carbonyl (C=O) groups is 1. The second-order valence-electron chi connectivity index (χ2n) is 5.96. The monoisotopic (exact) mass is 263 g/mol. The Morgan fingerprint density at radius 1 is 1.26 bits per heavy atom. The lowest BCUT2D eigenvalue weighted by molar-refractivity contribution is -0.129. The molecule has 0 unspecified atom stereocenters. The van der Waals surface area contributed by atoms with E-state index < -0.39 is 0 Å². The number of amides is 1. The summed E-state index contributed by atoms with van der Waals surface area (Å²) in [6.45, 7) is 7.94. The molecule has 2 N–H and O–H groups in total. The van der Waals surface area contributed by atoms with Crippen molar-refractivity contribution in [3.8, 4) is 0 Å². The Hall–Kier alpha value is -1.85. The predicted octanol–water partition coefficient (Wildman–Crippen LogP) is 0.635. The Labute approximate surface area is 113 Å². The van der Waals surface area contributed by atoms with Crippen molar-refractivity contribution >= 4 is 17.5 Å². The summed E-state index contributed by atoms with van der Waals surface area (Å²) in [5.41, 5.74) is 5.69. The highest BCUT2D eigenvalue weighted by atomic mass is 16.2. The first kappa shape index (κ1) is 13.6. The van der Waals surface area contributed by atoms with Gasteiger partial charge in [0, 0.05) is 31.6 Å². The first-order chi connectivity index (χ1) is 8.77. The van der Waals surface area contributed by atoms with Crippen LogP contribution in [0.1, 0.15) is 26.6 Å². The van der Waals surface area contributed by atoms with E-state index in [0.29, 0.717) is 24.7 Å². The Balaban J connectivity index is 2.30. The van der Waals surface area contributed by atoms with Crippen LogP contribution in [0.5, 0.6) is 0 Å². The molecule has 0 aromatic carbocycles. The van der Waals surface area contributed by atoms with Gasteiger partial charge in [-0.1, -0.05) is 20.8 Å². The van der Waals surface area contributed by atoms with E-state index in [4.69, 9.17) is 5.73 Å². The maximum absolute atomic E-state index is 11.8. The molecule has 0 radical (unpaired) electrons. The highest BCUT2D eigenvalue weighted by Gasteiger charge is 2.25. The Morgan fingerprint density at radius 3 is 2.53 bits per heavy atom. The zero-order chi connectivity index (χ0) is 14.2. The van der Waals surface area contributed by atoms with Crippen molar-refractivity contribution in [1.82, 2.24) is 14.9 Å². The van der Waals surface area contributed by atoms with Crippen LogP contribution >= 0.6 is 0 Å². The first-order valence-electron chi connectivity index (χ1n) is 6.41. The molecule has 1 aliphatic heterocycles. The van der Waals surface area contributed by atoms with Gasteiger partial charge in [0.1, 0.15) is 17.5 Å². The van der Waals surface area contributed by atoms with Gasteiger partial charge in [0.25, 0.3) is 0 Å². The average Bonchev–Trinajstić information content (AvgIpc) is 2.31. The second kappa shape index (κ2) is 4.68. The van der Waals surface area contributed by atoms with E-state index >= 15 is 0 Å². The summed E-state index contributed by atoms with van der Waals surface area (Å²) in [5, 5.41) is 0. The zero-order valence-electron chi connectivity index (χ0n) is 12.0. The van der Waals surface area contributed by atoms with Crippen molar-refractivity contribution < 1.29 is 4.79 Å². The van der Waals surface area contributed by atoms with Gasteiger partial charge in [-0.3, -0.25) is 4.79 Å². The lowest BCUT2D eigenvalue weighted by Gasteiger charge is -2.33. The summed E-state index contributed by atoms with van der Waals surface area (Å²) in [6.07, 6.45) is 0. The third kappa shape index (κ3) is 2.94. The fourth-order valence-electron chi connectivity index (χ4n) is 1.90. The van der Waals surface area contributed by atoms with Crippen LogP contribution in [-0.2, 0) is 10.2 Å². The summed E-state index contributed by atoms with van der Waals surface area (Å²) >= 11 is 0. The number of rotatable bonds is 1. The number of nitrogen functional groups attached to an aromatic ring is 1. The van der Waals surface area contributed by atoms with Gasteiger partial charge in [0.15, 0.2) is 0 Å².